The maximum atomic E-state index is 12.4. The first-order chi connectivity index (χ1) is 12.8. The van der Waals surface area contributed by atoms with E-state index in [1.165, 1.54) is 7.11 Å². The number of para-hydroxylation sites is 1. The van der Waals surface area contributed by atoms with E-state index in [0.29, 0.717) is 25.9 Å². The number of nitrogens with one attached hydrogen (secondary N) is 2. The third-order valence-corrected chi connectivity index (χ3v) is 5.16. The summed E-state index contributed by atoms with van der Waals surface area (Å²) < 4.78 is 4.78. The summed E-state index contributed by atoms with van der Waals surface area (Å²) in [7, 11) is 1.40. The Morgan fingerprint density at radius 2 is 1.78 bits per heavy atom. The third-order valence-electron chi connectivity index (χ3n) is 5.16. The predicted molar refractivity (Wildman–Crippen MR) is 103 cm³/mol. The molecule has 1 fully saturated rings. The number of amides is 2. The van der Waals surface area contributed by atoms with Crippen LogP contribution in [-0.2, 0) is 19.1 Å². The van der Waals surface area contributed by atoms with Gasteiger partial charge in [-0.3, -0.25) is 19.3 Å². The lowest BCUT2D eigenvalue weighted by Crippen LogP contribution is -2.50. The van der Waals surface area contributed by atoms with Gasteiger partial charge in [0, 0.05) is 5.69 Å². The molecular weight excluding hydrogens is 346 g/mol. The van der Waals surface area contributed by atoms with E-state index in [1.807, 2.05) is 43.9 Å². The molecule has 0 saturated carbocycles. The second kappa shape index (κ2) is 9.50. The summed E-state index contributed by atoms with van der Waals surface area (Å²) in [6.07, 6.45) is 1.36. The van der Waals surface area contributed by atoms with Crippen LogP contribution in [0.3, 0.4) is 0 Å². The van der Waals surface area contributed by atoms with Gasteiger partial charge in [0.25, 0.3) is 0 Å². The Morgan fingerprint density at radius 3 is 2.33 bits per heavy atom. The van der Waals surface area contributed by atoms with Crippen LogP contribution < -0.4 is 10.6 Å². The van der Waals surface area contributed by atoms with Gasteiger partial charge in [-0.05, 0) is 57.8 Å². The Labute approximate surface area is 160 Å². The molecule has 1 aliphatic heterocycles. The molecule has 0 unspecified atom stereocenters. The van der Waals surface area contributed by atoms with Crippen LogP contribution in [-0.4, -0.2) is 55.5 Å². The van der Waals surface area contributed by atoms with E-state index in [2.05, 4.69) is 10.6 Å². The molecule has 1 aromatic carbocycles. The van der Waals surface area contributed by atoms with Crippen LogP contribution in [0.15, 0.2) is 18.2 Å². The van der Waals surface area contributed by atoms with Crippen molar-refractivity contribution in [3.8, 4) is 0 Å². The van der Waals surface area contributed by atoms with Crippen molar-refractivity contribution in [2.45, 2.75) is 39.7 Å². The SMILES string of the molecule is COC(=O)C1CCN([C@@H](C)C(=O)NCC(=O)Nc2c(C)cccc2C)CC1. The molecular formula is C20H29N3O4. The summed E-state index contributed by atoms with van der Waals surface area (Å²) >= 11 is 0. The Balaban J connectivity index is 1.80. The van der Waals surface area contributed by atoms with Gasteiger partial charge in [0.15, 0.2) is 0 Å². The molecule has 7 heteroatoms. The normalized spacial score (nSPS) is 16.4. The lowest BCUT2D eigenvalue weighted by molar-refractivity contribution is -0.147. The zero-order valence-electron chi connectivity index (χ0n) is 16.5. The number of benzene rings is 1. The third kappa shape index (κ3) is 5.53. The Kier molecular flexibility index (Phi) is 7.36. The number of aryl methyl sites for hydroxylation is 2. The van der Waals surface area contributed by atoms with Crippen LogP contribution in [0.1, 0.15) is 30.9 Å². The largest absolute Gasteiger partial charge is 0.469 e. The summed E-state index contributed by atoms with van der Waals surface area (Å²) in [4.78, 5) is 38.2. The van der Waals surface area contributed by atoms with Crippen LogP contribution in [0.4, 0.5) is 5.69 Å². The minimum absolute atomic E-state index is 0.0738. The molecule has 7 nitrogen and oxygen atoms in total. The van der Waals surface area contributed by atoms with Gasteiger partial charge in [-0.25, -0.2) is 0 Å². The van der Waals surface area contributed by atoms with Gasteiger partial charge in [-0.1, -0.05) is 18.2 Å². The second-order valence-electron chi connectivity index (χ2n) is 7.04. The first kappa shape index (κ1) is 20.9. The molecule has 2 amide bonds. The topological polar surface area (TPSA) is 87.7 Å². The number of hydrogen-bond acceptors (Lipinski definition) is 5. The van der Waals surface area contributed by atoms with E-state index in [1.54, 1.807) is 0 Å². The fraction of sp³-hybridized carbons (Fsp3) is 0.550. The fourth-order valence-corrected chi connectivity index (χ4v) is 3.37. The molecule has 1 aromatic rings. The van der Waals surface area contributed by atoms with Crippen molar-refractivity contribution >= 4 is 23.5 Å². The van der Waals surface area contributed by atoms with Crippen LogP contribution in [0.25, 0.3) is 0 Å². The summed E-state index contributed by atoms with van der Waals surface area (Å²) in [5, 5.41) is 5.56. The van der Waals surface area contributed by atoms with Crippen LogP contribution in [0, 0.1) is 19.8 Å². The molecule has 148 valence electrons. The minimum atomic E-state index is -0.350. The van der Waals surface area contributed by atoms with Crippen LogP contribution >= 0.6 is 0 Å². The fourth-order valence-electron chi connectivity index (χ4n) is 3.37. The Hall–Kier alpha value is -2.41. The first-order valence-electron chi connectivity index (χ1n) is 9.29. The number of carbonyl (C=O) groups excluding carboxylic acids is 3. The number of anilines is 1. The summed E-state index contributed by atoms with van der Waals surface area (Å²) in [6.45, 7) is 6.92. The number of piperidine rings is 1. The highest BCUT2D eigenvalue weighted by Crippen LogP contribution is 2.20. The second-order valence-corrected chi connectivity index (χ2v) is 7.04. The number of esters is 1. The molecule has 0 spiro atoms. The zero-order valence-corrected chi connectivity index (χ0v) is 16.5. The number of hydrogen-bond donors (Lipinski definition) is 2. The van der Waals surface area contributed by atoms with E-state index >= 15 is 0 Å². The highest BCUT2D eigenvalue weighted by Gasteiger charge is 2.30. The van der Waals surface area contributed by atoms with Crippen molar-refractivity contribution in [3.05, 3.63) is 29.3 Å². The van der Waals surface area contributed by atoms with Crippen molar-refractivity contribution in [1.82, 2.24) is 10.2 Å². The van der Waals surface area contributed by atoms with Gasteiger partial charge in [0.2, 0.25) is 11.8 Å². The Morgan fingerprint density at radius 1 is 1.19 bits per heavy atom. The molecule has 1 atom stereocenters. The van der Waals surface area contributed by atoms with Crippen LogP contribution in [0.2, 0.25) is 0 Å². The molecule has 0 aromatic heterocycles. The van der Waals surface area contributed by atoms with Crippen molar-refractivity contribution < 1.29 is 19.1 Å². The summed E-state index contributed by atoms with van der Waals surface area (Å²) in [6, 6.07) is 5.45. The number of nitrogens with zero attached hydrogens (tertiary/aromatic N) is 1. The molecule has 27 heavy (non-hydrogen) atoms. The lowest BCUT2D eigenvalue weighted by Gasteiger charge is -2.34. The quantitative estimate of drug-likeness (QED) is 0.738. The summed E-state index contributed by atoms with van der Waals surface area (Å²) in [5.41, 5.74) is 2.75. The van der Waals surface area contributed by atoms with Gasteiger partial charge >= 0.3 is 5.97 Å². The van der Waals surface area contributed by atoms with Crippen molar-refractivity contribution in [3.63, 3.8) is 0 Å². The molecule has 2 rings (SSSR count). The molecule has 1 heterocycles. The van der Waals surface area contributed by atoms with E-state index in [0.717, 1.165) is 16.8 Å². The molecule has 0 bridgehead atoms. The Bertz CT molecular complexity index is 676. The van der Waals surface area contributed by atoms with Crippen molar-refractivity contribution in [2.75, 3.05) is 32.1 Å². The number of ether oxygens (including phenoxy) is 1. The van der Waals surface area contributed by atoms with Gasteiger partial charge in [0.05, 0.1) is 25.6 Å². The van der Waals surface area contributed by atoms with Gasteiger partial charge in [0.1, 0.15) is 0 Å². The average molecular weight is 375 g/mol. The molecule has 1 saturated heterocycles. The first-order valence-corrected chi connectivity index (χ1v) is 9.29. The smallest absolute Gasteiger partial charge is 0.308 e. The molecule has 0 aliphatic carbocycles. The van der Waals surface area contributed by atoms with E-state index in [9.17, 15) is 14.4 Å². The van der Waals surface area contributed by atoms with E-state index in [4.69, 9.17) is 4.74 Å². The lowest BCUT2D eigenvalue weighted by atomic mass is 9.96. The highest BCUT2D eigenvalue weighted by atomic mass is 16.5. The molecule has 1 aliphatic rings. The molecule has 2 N–H and O–H groups in total. The average Bonchev–Trinajstić information content (AvgIpc) is 2.68. The highest BCUT2D eigenvalue weighted by molar-refractivity contribution is 5.96. The minimum Gasteiger partial charge on any atom is -0.469 e. The zero-order chi connectivity index (χ0) is 20.0. The number of methoxy groups -OCH3 is 1. The predicted octanol–water partition coefficient (Wildman–Crippen LogP) is 1.63. The van der Waals surface area contributed by atoms with Gasteiger partial charge < -0.3 is 15.4 Å². The summed E-state index contributed by atoms with van der Waals surface area (Å²) in [5.74, 6) is -0.722. The van der Waals surface area contributed by atoms with Gasteiger partial charge in [-0.2, -0.15) is 0 Å². The number of carbonyl (C=O) groups is 3. The van der Waals surface area contributed by atoms with Crippen molar-refractivity contribution in [1.29, 1.82) is 0 Å². The van der Waals surface area contributed by atoms with E-state index in [-0.39, 0.29) is 36.3 Å². The maximum Gasteiger partial charge on any atom is 0.308 e. The van der Waals surface area contributed by atoms with Gasteiger partial charge in [-0.15, -0.1) is 0 Å². The number of rotatable bonds is 6. The standard InChI is InChI=1S/C20H29N3O4/c1-13-6-5-7-14(2)18(13)22-17(24)12-21-19(25)15(3)23-10-8-16(9-11-23)20(26)27-4/h5-7,15-16H,8-12H2,1-4H3,(H,21,25)(H,22,24)/t15-/m0/s1. The maximum absolute atomic E-state index is 12.4. The molecule has 0 radical (unpaired) electrons. The number of likely N-dealkylation sites (tertiary alicyclic amines) is 1. The van der Waals surface area contributed by atoms with E-state index < -0.39 is 0 Å². The monoisotopic (exact) mass is 375 g/mol. The van der Waals surface area contributed by atoms with Crippen molar-refractivity contribution in [2.24, 2.45) is 5.92 Å². The van der Waals surface area contributed by atoms with Crippen LogP contribution in [0.5, 0.6) is 0 Å².